The highest BCUT2D eigenvalue weighted by atomic mass is 15.2. The van der Waals surface area contributed by atoms with Gasteiger partial charge in [0.25, 0.3) is 0 Å². The lowest BCUT2D eigenvalue weighted by Crippen LogP contribution is -2.50. The predicted octanol–water partition coefficient (Wildman–Crippen LogP) is 3.72. The van der Waals surface area contributed by atoms with E-state index >= 15 is 0 Å². The van der Waals surface area contributed by atoms with Gasteiger partial charge in [-0.1, -0.05) is 49.4 Å². The second-order valence-electron chi connectivity index (χ2n) is 7.50. The third kappa shape index (κ3) is 3.80. The van der Waals surface area contributed by atoms with Crippen LogP contribution in [-0.2, 0) is 0 Å². The maximum absolute atomic E-state index is 3.73. The van der Waals surface area contributed by atoms with Crippen LogP contribution >= 0.6 is 0 Å². The molecule has 2 unspecified atom stereocenters. The summed E-state index contributed by atoms with van der Waals surface area (Å²) in [4.78, 5) is 4.94. The minimum absolute atomic E-state index is 0.347. The highest BCUT2D eigenvalue weighted by Crippen LogP contribution is 2.24. The first-order valence-electron chi connectivity index (χ1n) is 9.16. The molecule has 0 aliphatic carbocycles. The number of benzene rings is 2. The molecule has 2 aromatic carbocycles. The van der Waals surface area contributed by atoms with Crippen molar-refractivity contribution >= 4 is 10.8 Å². The Hall–Kier alpha value is -1.42. The van der Waals surface area contributed by atoms with Gasteiger partial charge in [-0.2, -0.15) is 0 Å². The normalized spacial score (nSPS) is 23.7. The number of nitrogens with zero attached hydrogens (tertiary/aromatic N) is 2. The average Bonchev–Trinajstić information content (AvgIpc) is 2.59. The summed E-state index contributed by atoms with van der Waals surface area (Å²) in [5, 5.41) is 6.41. The molecule has 0 radical (unpaired) electrons. The van der Waals surface area contributed by atoms with Gasteiger partial charge in [0, 0.05) is 25.3 Å². The Morgan fingerprint density at radius 1 is 1.21 bits per heavy atom. The Morgan fingerprint density at radius 2 is 1.96 bits per heavy atom. The van der Waals surface area contributed by atoms with E-state index in [1.165, 1.54) is 35.8 Å². The maximum atomic E-state index is 3.73. The molecule has 1 saturated heterocycles. The Kier molecular flexibility index (Phi) is 5.54. The predicted molar refractivity (Wildman–Crippen MR) is 103 cm³/mol. The molecule has 0 aromatic heterocycles. The van der Waals surface area contributed by atoms with Crippen molar-refractivity contribution < 1.29 is 0 Å². The summed E-state index contributed by atoms with van der Waals surface area (Å²) in [6.07, 6.45) is 1.26. The minimum atomic E-state index is 0.347. The molecule has 0 saturated carbocycles. The van der Waals surface area contributed by atoms with Crippen molar-refractivity contribution in [3.05, 3.63) is 48.0 Å². The van der Waals surface area contributed by atoms with E-state index in [4.69, 9.17) is 0 Å². The van der Waals surface area contributed by atoms with E-state index in [9.17, 15) is 0 Å². The second kappa shape index (κ2) is 7.64. The lowest BCUT2D eigenvalue weighted by Gasteiger charge is -2.40. The summed E-state index contributed by atoms with van der Waals surface area (Å²) in [5.74, 6) is 0.725. The van der Waals surface area contributed by atoms with Crippen LogP contribution in [0.15, 0.2) is 42.5 Å². The van der Waals surface area contributed by atoms with Gasteiger partial charge in [0.05, 0.1) is 0 Å². The quantitative estimate of drug-likeness (QED) is 0.845. The van der Waals surface area contributed by atoms with E-state index in [2.05, 4.69) is 85.5 Å². The van der Waals surface area contributed by atoms with Gasteiger partial charge >= 0.3 is 0 Å². The third-order valence-corrected chi connectivity index (χ3v) is 5.57. The molecule has 1 heterocycles. The Balaban J connectivity index is 1.63. The van der Waals surface area contributed by atoms with E-state index in [0.717, 1.165) is 12.6 Å². The van der Waals surface area contributed by atoms with E-state index in [1.807, 2.05) is 0 Å². The first-order chi connectivity index (χ1) is 11.6. The molecule has 0 bridgehead atoms. The second-order valence-corrected chi connectivity index (χ2v) is 7.50. The summed E-state index contributed by atoms with van der Waals surface area (Å²) < 4.78 is 0. The zero-order valence-electron chi connectivity index (χ0n) is 15.5. The Bertz CT molecular complexity index is 664. The van der Waals surface area contributed by atoms with Crippen LogP contribution < -0.4 is 5.32 Å². The number of hydrogen-bond donors (Lipinski definition) is 1. The van der Waals surface area contributed by atoms with E-state index in [-0.39, 0.29) is 0 Å². The van der Waals surface area contributed by atoms with Crippen LogP contribution in [0.1, 0.15) is 31.9 Å². The van der Waals surface area contributed by atoms with Crippen molar-refractivity contribution in [1.29, 1.82) is 0 Å². The van der Waals surface area contributed by atoms with Crippen LogP contribution in [0.4, 0.5) is 0 Å². The van der Waals surface area contributed by atoms with Crippen molar-refractivity contribution in [1.82, 2.24) is 15.1 Å². The molecule has 0 spiro atoms. The van der Waals surface area contributed by atoms with Gasteiger partial charge in [-0.25, -0.2) is 0 Å². The first kappa shape index (κ1) is 17.4. The molecule has 3 heteroatoms. The highest BCUT2D eigenvalue weighted by molar-refractivity contribution is 5.86. The molecule has 3 nitrogen and oxygen atoms in total. The summed E-state index contributed by atoms with van der Waals surface area (Å²) >= 11 is 0. The fraction of sp³-hybridized carbons (Fsp3) is 0.524. The summed E-state index contributed by atoms with van der Waals surface area (Å²) in [5.41, 5.74) is 1.39. The molecule has 3 rings (SSSR count). The minimum Gasteiger partial charge on any atom is -0.306 e. The van der Waals surface area contributed by atoms with Gasteiger partial charge in [0.15, 0.2) is 0 Å². The Labute approximate surface area is 146 Å². The molecule has 1 N–H and O–H groups in total. The molecule has 24 heavy (non-hydrogen) atoms. The molecule has 0 amide bonds. The van der Waals surface area contributed by atoms with Gasteiger partial charge in [-0.3, -0.25) is 10.2 Å². The molecule has 1 aliphatic heterocycles. The largest absolute Gasteiger partial charge is 0.306 e. The Morgan fingerprint density at radius 3 is 2.75 bits per heavy atom. The number of likely N-dealkylation sites (tertiary alicyclic amines) is 1. The van der Waals surface area contributed by atoms with Crippen LogP contribution in [0.25, 0.3) is 10.8 Å². The number of rotatable bonds is 5. The van der Waals surface area contributed by atoms with E-state index < -0.39 is 0 Å². The highest BCUT2D eigenvalue weighted by Gasteiger charge is 2.27. The number of piperidine rings is 1. The molecule has 1 aliphatic rings. The van der Waals surface area contributed by atoms with Crippen LogP contribution in [-0.4, -0.2) is 49.7 Å². The lowest BCUT2D eigenvalue weighted by atomic mass is 9.93. The van der Waals surface area contributed by atoms with Gasteiger partial charge in [-0.15, -0.1) is 0 Å². The fourth-order valence-corrected chi connectivity index (χ4v) is 4.13. The summed E-state index contributed by atoms with van der Waals surface area (Å²) in [7, 11) is 4.49. The number of fused-ring (bicyclic) bond motifs is 1. The van der Waals surface area contributed by atoms with Crippen molar-refractivity contribution in [2.75, 3.05) is 33.9 Å². The number of nitrogens with one attached hydrogen (secondary N) is 1. The van der Waals surface area contributed by atoms with Gasteiger partial charge < -0.3 is 4.90 Å². The maximum Gasteiger partial charge on any atom is 0.0485 e. The smallest absolute Gasteiger partial charge is 0.0485 e. The third-order valence-electron chi connectivity index (χ3n) is 5.57. The standard InChI is InChI=1S/C21H31N3/c1-16-14-23(3)13-12-21(16)24(4)15-22-17(2)19-11-7-9-18-8-5-6-10-20(18)19/h5-11,16-17,21-22H,12-15H2,1-4H3/t16?,17-,21?/m1/s1. The first-order valence-corrected chi connectivity index (χ1v) is 9.16. The molecular weight excluding hydrogens is 294 g/mol. The molecule has 130 valence electrons. The van der Waals surface area contributed by atoms with Gasteiger partial charge in [0.2, 0.25) is 0 Å². The zero-order valence-corrected chi connectivity index (χ0v) is 15.5. The van der Waals surface area contributed by atoms with Gasteiger partial charge in [0.1, 0.15) is 0 Å². The summed E-state index contributed by atoms with van der Waals surface area (Å²) in [6.45, 7) is 7.99. The van der Waals surface area contributed by atoms with Gasteiger partial charge in [-0.05, 0) is 56.2 Å². The molecular formula is C21H31N3. The molecule has 1 fully saturated rings. The average molecular weight is 326 g/mol. The van der Waals surface area contributed by atoms with Crippen molar-refractivity contribution in [3.63, 3.8) is 0 Å². The lowest BCUT2D eigenvalue weighted by molar-refractivity contribution is 0.0862. The monoisotopic (exact) mass is 325 g/mol. The fourth-order valence-electron chi connectivity index (χ4n) is 4.13. The van der Waals surface area contributed by atoms with Crippen LogP contribution in [0, 0.1) is 5.92 Å². The SMILES string of the molecule is CC1CN(C)CCC1N(C)CN[C@H](C)c1cccc2ccccc12. The number of hydrogen-bond acceptors (Lipinski definition) is 3. The van der Waals surface area contributed by atoms with Crippen LogP contribution in [0.2, 0.25) is 0 Å². The molecule has 2 aromatic rings. The van der Waals surface area contributed by atoms with Crippen molar-refractivity contribution in [3.8, 4) is 0 Å². The molecule has 3 atom stereocenters. The van der Waals surface area contributed by atoms with E-state index in [0.29, 0.717) is 12.1 Å². The van der Waals surface area contributed by atoms with Crippen LogP contribution in [0.3, 0.4) is 0 Å². The van der Waals surface area contributed by atoms with Crippen molar-refractivity contribution in [2.24, 2.45) is 5.92 Å². The van der Waals surface area contributed by atoms with Crippen LogP contribution in [0.5, 0.6) is 0 Å². The topological polar surface area (TPSA) is 18.5 Å². The van der Waals surface area contributed by atoms with E-state index in [1.54, 1.807) is 0 Å². The van der Waals surface area contributed by atoms with Crippen molar-refractivity contribution in [2.45, 2.75) is 32.4 Å². The zero-order chi connectivity index (χ0) is 17.1. The summed E-state index contributed by atoms with van der Waals surface area (Å²) in [6, 6.07) is 16.3.